The monoisotopic (exact) mass is 770 g/mol. The van der Waals surface area contributed by atoms with Crippen LogP contribution in [0.1, 0.15) is 0 Å². The summed E-state index contributed by atoms with van der Waals surface area (Å²) in [7, 11) is 0. The lowest BCUT2D eigenvalue weighted by Crippen LogP contribution is -1.93. The highest BCUT2D eigenvalue weighted by atomic mass is 16.4. The number of furan rings is 1. The number of hydrogen-bond donors (Lipinski definition) is 14. The van der Waals surface area contributed by atoms with Crippen LogP contribution in [0.3, 0.4) is 0 Å². The summed E-state index contributed by atoms with van der Waals surface area (Å²) in [6.07, 6.45) is 0. The number of rotatable bonds is 3. The summed E-state index contributed by atoms with van der Waals surface area (Å²) >= 11 is 0. The van der Waals surface area contributed by atoms with Crippen molar-refractivity contribution in [2.24, 2.45) is 0 Å². The van der Waals surface area contributed by atoms with E-state index in [1.54, 1.807) is 66.7 Å². The summed E-state index contributed by atoms with van der Waals surface area (Å²) in [5.74, 6) is -14.3. The van der Waals surface area contributed by atoms with E-state index in [0.717, 1.165) is 0 Å². The van der Waals surface area contributed by atoms with E-state index in [9.17, 15) is 71.5 Å². The van der Waals surface area contributed by atoms with Gasteiger partial charge in [-0.25, -0.2) is 0 Å². The van der Waals surface area contributed by atoms with E-state index in [1.807, 2.05) is 0 Å². The van der Waals surface area contributed by atoms with Crippen LogP contribution < -0.4 is 0 Å². The Morgan fingerprint density at radius 2 is 0.632 bits per heavy atom. The van der Waals surface area contributed by atoms with Gasteiger partial charge in [0.1, 0.15) is 5.75 Å². The number of fused-ring (bicyclic) bond motifs is 6. The lowest BCUT2D eigenvalue weighted by Gasteiger charge is -2.20. The standard InChI is InChI=1S/C42H26O15/c43-27-23(32(48)39(55)41-25(27)26-33(49)37(53)38(54)40(56)42(26)57-41)21-17-10-3-1-8-15(17)19(16-9-2-4-11-18(16)21)13-6-5-7-14(12-13)20-22-24(30(46)34(50)28(20)44)31(47)36(52)35(51)29(22)45/h1-12,43-56H. The second-order valence-electron chi connectivity index (χ2n) is 13.3. The minimum absolute atomic E-state index is 0.0946. The summed E-state index contributed by atoms with van der Waals surface area (Å²) < 4.78 is 5.50. The van der Waals surface area contributed by atoms with Gasteiger partial charge in [0.2, 0.25) is 40.2 Å². The topological polar surface area (TPSA) is 296 Å². The molecule has 15 nitrogen and oxygen atoms in total. The molecule has 0 fully saturated rings. The minimum Gasteiger partial charge on any atom is -0.506 e. The molecule has 0 amide bonds. The number of hydrogen-bond acceptors (Lipinski definition) is 15. The molecule has 284 valence electrons. The molecule has 0 saturated carbocycles. The van der Waals surface area contributed by atoms with Gasteiger partial charge >= 0.3 is 0 Å². The summed E-state index contributed by atoms with van der Waals surface area (Å²) in [5, 5.41) is 151. The van der Waals surface area contributed by atoms with E-state index in [1.165, 1.54) is 6.07 Å². The molecule has 0 radical (unpaired) electrons. The molecule has 9 aromatic rings. The summed E-state index contributed by atoms with van der Waals surface area (Å²) in [6.45, 7) is 0. The molecule has 0 bridgehead atoms. The summed E-state index contributed by atoms with van der Waals surface area (Å²) in [6, 6.07) is 19.8. The maximum Gasteiger partial charge on any atom is 0.208 e. The predicted octanol–water partition coefficient (Wildman–Crippen LogP) is 7.92. The van der Waals surface area contributed by atoms with Crippen LogP contribution in [0, 0.1) is 0 Å². The number of benzene rings is 8. The Morgan fingerprint density at radius 1 is 0.263 bits per heavy atom. The fraction of sp³-hybridized carbons (Fsp3) is 0. The second kappa shape index (κ2) is 11.5. The first-order chi connectivity index (χ1) is 27.2. The normalized spacial score (nSPS) is 11.8. The van der Waals surface area contributed by atoms with Crippen LogP contribution in [0.2, 0.25) is 0 Å². The molecule has 1 aromatic heterocycles. The van der Waals surface area contributed by atoms with Gasteiger partial charge in [-0.05, 0) is 44.3 Å². The van der Waals surface area contributed by atoms with Crippen molar-refractivity contribution < 1.29 is 75.9 Å². The van der Waals surface area contributed by atoms with Gasteiger partial charge < -0.3 is 75.9 Å². The van der Waals surface area contributed by atoms with Crippen molar-refractivity contribution in [1.82, 2.24) is 0 Å². The van der Waals surface area contributed by atoms with Gasteiger partial charge in [-0.15, -0.1) is 0 Å². The quantitative estimate of drug-likeness (QED) is 0.0461. The van der Waals surface area contributed by atoms with Crippen LogP contribution in [0.5, 0.6) is 80.5 Å². The molecule has 0 aliphatic rings. The maximum atomic E-state index is 12.0. The zero-order chi connectivity index (χ0) is 40.5. The fourth-order valence-corrected chi connectivity index (χ4v) is 7.83. The maximum absolute atomic E-state index is 12.0. The lowest BCUT2D eigenvalue weighted by molar-refractivity contribution is 0.347. The van der Waals surface area contributed by atoms with Gasteiger partial charge in [-0.3, -0.25) is 0 Å². The van der Waals surface area contributed by atoms with E-state index in [2.05, 4.69) is 0 Å². The SMILES string of the molecule is Oc1c(O)c(O)c2c(oc3c(O)c(O)c(-c4c5ccccc5c(-c5cccc(-c6c(O)c(O)c(O)c7c(O)c(O)c(O)c(O)c67)c5)c5ccccc45)c(O)c32)c1O. The van der Waals surface area contributed by atoms with Gasteiger partial charge in [-0.1, -0.05) is 66.7 Å². The van der Waals surface area contributed by atoms with Crippen molar-refractivity contribution in [2.45, 2.75) is 0 Å². The molecule has 9 rings (SSSR count). The third-order valence-electron chi connectivity index (χ3n) is 10.4. The Hall–Kier alpha value is -8.46. The van der Waals surface area contributed by atoms with Crippen LogP contribution in [0.4, 0.5) is 0 Å². The first-order valence-electron chi connectivity index (χ1n) is 16.8. The van der Waals surface area contributed by atoms with Crippen LogP contribution in [-0.4, -0.2) is 71.5 Å². The van der Waals surface area contributed by atoms with Crippen LogP contribution >= 0.6 is 0 Å². The Bertz CT molecular complexity index is 3230. The average molecular weight is 771 g/mol. The van der Waals surface area contributed by atoms with Crippen LogP contribution in [0.15, 0.2) is 77.2 Å². The molecule has 8 aromatic carbocycles. The molecule has 1 heterocycles. The first kappa shape index (κ1) is 34.3. The molecule has 0 atom stereocenters. The zero-order valence-corrected chi connectivity index (χ0v) is 28.6. The molecule has 15 heteroatoms. The fourth-order valence-electron chi connectivity index (χ4n) is 7.83. The van der Waals surface area contributed by atoms with E-state index >= 15 is 0 Å². The van der Waals surface area contributed by atoms with Gasteiger partial charge in [0.05, 0.1) is 21.7 Å². The molecular formula is C42H26O15. The molecule has 0 unspecified atom stereocenters. The van der Waals surface area contributed by atoms with Crippen molar-refractivity contribution in [1.29, 1.82) is 0 Å². The largest absolute Gasteiger partial charge is 0.506 e. The van der Waals surface area contributed by atoms with E-state index in [-0.39, 0.29) is 22.3 Å². The third-order valence-corrected chi connectivity index (χ3v) is 10.4. The van der Waals surface area contributed by atoms with Crippen molar-refractivity contribution in [3.8, 4) is 114 Å². The molecule has 14 N–H and O–H groups in total. The molecule has 57 heavy (non-hydrogen) atoms. The van der Waals surface area contributed by atoms with Crippen molar-refractivity contribution in [2.75, 3.05) is 0 Å². The highest BCUT2D eigenvalue weighted by Gasteiger charge is 2.33. The van der Waals surface area contributed by atoms with E-state index in [4.69, 9.17) is 4.42 Å². The van der Waals surface area contributed by atoms with Crippen molar-refractivity contribution >= 4 is 54.3 Å². The highest BCUT2D eigenvalue weighted by Crippen LogP contribution is 2.62. The average Bonchev–Trinajstić information content (AvgIpc) is 3.63. The Balaban J connectivity index is 1.38. The Labute approximate surface area is 316 Å². The van der Waals surface area contributed by atoms with E-state index in [0.29, 0.717) is 32.7 Å². The predicted molar refractivity (Wildman–Crippen MR) is 206 cm³/mol. The van der Waals surface area contributed by atoms with Gasteiger partial charge in [0.15, 0.2) is 45.7 Å². The molecule has 0 aliphatic carbocycles. The third kappa shape index (κ3) is 4.29. The molecule has 0 aliphatic heterocycles. The number of phenols is 14. The Morgan fingerprint density at radius 3 is 1.16 bits per heavy atom. The summed E-state index contributed by atoms with van der Waals surface area (Å²) in [4.78, 5) is 0. The van der Waals surface area contributed by atoms with Crippen molar-refractivity contribution in [3.05, 3.63) is 72.8 Å². The lowest BCUT2D eigenvalue weighted by atomic mass is 9.84. The minimum atomic E-state index is -1.18. The highest BCUT2D eigenvalue weighted by molar-refractivity contribution is 6.26. The number of aromatic hydroxyl groups is 14. The second-order valence-corrected chi connectivity index (χ2v) is 13.3. The van der Waals surface area contributed by atoms with Crippen molar-refractivity contribution in [3.63, 3.8) is 0 Å². The van der Waals surface area contributed by atoms with Gasteiger partial charge in [0, 0.05) is 16.5 Å². The van der Waals surface area contributed by atoms with Gasteiger partial charge in [-0.2, -0.15) is 0 Å². The van der Waals surface area contributed by atoms with Crippen LogP contribution in [0.25, 0.3) is 87.6 Å². The number of phenolic OH excluding ortho intramolecular Hbond substituents is 14. The molecule has 0 saturated heterocycles. The summed E-state index contributed by atoms with van der Waals surface area (Å²) in [5.41, 5.74) is -0.615. The molecule has 0 spiro atoms. The first-order valence-corrected chi connectivity index (χ1v) is 16.8. The van der Waals surface area contributed by atoms with E-state index < -0.39 is 113 Å². The Kier molecular flexibility index (Phi) is 6.94. The smallest absolute Gasteiger partial charge is 0.208 e. The zero-order valence-electron chi connectivity index (χ0n) is 28.6. The molecular weight excluding hydrogens is 744 g/mol. The van der Waals surface area contributed by atoms with Crippen LogP contribution in [-0.2, 0) is 0 Å². The van der Waals surface area contributed by atoms with Gasteiger partial charge in [0.25, 0.3) is 0 Å².